The van der Waals surface area contributed by atoms with Gasteiger partial charge >= 0.3 is 5.97 Å². The number of aromatic carboxylic acids is 1. The Balaban J connectivity index is 2.55. The van der Waals surface area contributed by atoms with E-state index in [1.54, 1.807) is 45.6 Å². The molecule has 0 spiro atoms. The van der Waals surface area contributed by atoms with Gasteiger partial charge in [0, 0.05) is 10.8 Å². The van der Waals surface area contributed by atoms with E-state index in [2.05, 4.69) is 0 Å². The van der Waals surface area contributed by atoms with Crippen LogP contribution in [0.4, 0.5) is 0 Å². The molecule has 3 rings (SSSR count). The van der Waals surface area contributed by atoms with Crippen molar-refractivity contribution < 1.29 is 24.1 Å². The van der Waals surface area contributed by atoms with Gasteiger partial charge in [0.25, 0.3) is 0 Å². The van der Waals surface area contributed by atoms with E-state index < -0.39 is 5.97 Å². The molecule has 5 heteroatoms. The summed E-state index contributed by atoms with van der Waals surface area (Å²) < 4.78 is 16.1. The van der Waals surface area contributed by atoms with E-state index >= 15 is 0 Å². The second-order valence-corrected chi connectivity index (χ2v) is 5.04. The first kappa shape index (κ1) is 15.0. The van der Waals surface area contributed by atoms with Gasteiger partial charge in [-0.2, -0.15) is 0 Å². The van der Waals surface area contributed by atoms with Crippen molar-refractivity contribution in [1.82, 2.24) is 0 Å². The lowest BCUT2D eigenvalue weighted by Crippen LogP contribution is -2.00. The minimum Gasteiger partial charge on any atom is -0.497 e. The molecule has 0 aliphatic heterocycles. The minimum atomic E-state index is -0.994. The number of fused-ring (bicyclic) bond motifs is 3. The lowest BCUT2D eigenvalue weighted by Gasteiger charge is -2.15. The van der Waals surface area contributed by atoms with Crippen molar-refractivity contribution >= 4 is 27.5 Å². The van der Waals surface area contributed by atoms with Gasteiger partial charge < -0.3 is 19.3 Å². The molecular formula is C18H16O5. The number of benzene rings is 3. The fraction of sp³-hybridized carbons (Fsp3) is 0.167. The van der Waals surface area contributed by atoms with Gasteiger partial charge in [-0.25, -0.2) is 4.79 Å². The third kappa shape index (κ3) is 2.30. The molecule has 0 aromatic heterocycles. The van der Waals surface area contributed by atoms with Crippen LogP contribution in [0, 0.1) is 0 Å². The molecule has 0 bridgehead atoms. The van der Waals surface area contributed by atoms with Crippen LogP contribution in [0.5, 0.6) is 17.2 Å². The van der Waals surface area contributed by atoms with Crippen LogP contribution in [-0.4, -0.2) is 32.4 Å². The Morgan fingerprint density at radius 1 is 0.913 bits per heavy atom. The molecule has 3 aromatic carbocycles. The van der Waals surface area contributed by atoms with Crippen LogP contribution >= 0.6 is 0 Å². The number of ether oxygens (including phenoxy) is 3. The van der Waals surface area contributed by atoms with Gasteiger partial charge in [0.05, 0.1) is 26.9 Å². The standard InChI is InChI=1S/C18H16O5/c1-21-11-4-5-12-10(8-11)9-14(18(19)20)13-6-7-15(22-2)17(23-3)16(12)13/h4-9H,1-3H3,(H,19,20). The number of carbonyl (C=O) groups is 1. The van der Waals surface area contributed by atoms with E-state index in [1.165, 1.54) is 0 Å². The van der Waals surface area contributed by atoms with Gasteiger partial charge in [0.2, 0.25) is 0 Å². The highest BCUT2D eigenvalue weighted by atomic mass is 16.5. The van der Waals surface area contributed by atoms with Crippen LogP contribution in [0.25, 0.3) is 21.5 Å². The fourth-order valence-corrected chi connectivity index (χ4v) is 2.84. The zero-order valence-corrected chi connectivity index (χ0v) is 13.0. The maximum absolute atomic E-state index is 11.7. The van der Waals surface area contributed by atoms with Crippen molar-refractivity contribution in [3.8, 4) is 17.2 Å². The van der Waals surface area contributed by atoms with Crippen LogP contribution in [0.2, 0.25) is 0 Å². The van der Waals surface area contributed by atoms with Crippen LogP contribution in [-0.2, 0) is 0 Å². The van der Waals surface area contributed by atoms with E-state index in [0.29, 0.717) is 28.0 Å². The number of hydrogen-bond acceptors (Lipinski definition) is 4. The molecule has 5 nitrogen and oxygen atoms in total. The quantitative estimate of drug-likeness (QED) is 0.744. The SMILES string of the molecule is COc1ccc2c(c1)cc(C(=O)O)c1ccc(OC)c(OC)c12. The Labute approximate surface area is 133 Å². The van der Waals surface area contributed by atoms with E-state index in [9.17, 15) is 9.90 Å². The summed E-state index contributed by atoms with van der Waals surface area (Å²) in [5.41, 5.74) is 0.210. The lowest BCUT2D eigenvalue weighted by molar-refractivity contribution is 0.0699. The molecule has 0 radical (unpaired) electrons. The Bertz CT molecular complexity index is 914. The van der Waals surface area contributed by atoms with Gasteiger partial charge in [-0.1, -0.05) is 0 Å². The zero-order chi connectivity index (χ0) is 16.6. The van der Waals surface area contributed by atoms with E-state index in [0.717, 1.165) is 10.8 Å². The Morgan fingerprint density at radius 2 is 1.65 bits per heavy atom. The first-order valence-electron chi connectivity index (χ1n) is 6.99. The van der Waals surface area contributed by atoms with Gasteiger partial charge in [-0.15, -0.1) is 0 Å². The van der Waals surface area contributed by atoms with Gasteiger partial charge in [-0.05, 0) is 47.2 Å². The number of hydrogen-bond donors (Lipinski definition) is 1. The monoisotopic (exact) mass is 312 g/mol. The number of carboxylic acid groups (broad SMARTS) is 1. The molecule has 0 fully saturated rings. The average Bonchev–Trinajstić information content (AvgIpc) is 2.58. The first-order valence-corrected chi connectivity index (χ1v) is 6.99. The molecule has 0 unspecified atom stereocenters. The largest absolute Gasteiger partial charge is 0.497 e. The van der Waals surface area contributed by atoms with Gasteiger partial charge in [0.1, 0.15) is 5.75 Å². The van der Waals surface area contributed by atoms with Crippen LogP contribution in [0.15, 0.2) is 36.4 Å². The van der Waals surface area contributed by atoms with E-state index in [1.807, 2.05) is 12.1 Å². The molecule has 0 atom stereocenters. The number of carboxylic acids is 1. The second kappa shape index (κ2) is 5.68. The molecule has 0 saturated carbocycles. The molecular weight excluding hydrogens is 296 g/mol. The average molecular weight is 312 g/mol. The van der Waals surface area contributed by atoms with Crippen LogP contribution in [0.1, 0.15) is 10.4 Å². The molecule has 0 heterocycles. The molecule has 0 saturated heterocycles. The molecule has 23 heavy (non-hydrogen) atoms. The van der Waals surface area contributed by atoms with Crippen molar-refractivity contribution in [3.63, 3.8) is 0 Å². The molecule has 0 amide bonds. The summed E-state index contributed by atoms with van der Waals surface area (Å²) in [6, 6.07) is 10.6. The smallest absolute Gasteiger partial charge is 0.336 e. The fourth-order valence-electron chi connectivity index (χ4n) is 2.84. The highest BCUT2D eigenvalue weighted by Crippen LogP contribution is 2.41. The predicted molar refractivity (Wildman–Crippen MR) is 88.1 cm³/mol. The number of methoxy groups -OCH3 is 3. The Hall–Kier alpha value is -2.95. The molecule has 3 aromatic rings. The highest BCUT2D eigenvalue weighted by Gasteiger charge is 2.18. The third-order valence-electron chi connectivity index (χ3n) is 3.89. The van der Waals surface area contributed by atoms with Gasteiger partial charge in [0.15, 0.2) is 11.5 Å². The summed E-state index contributed by atoms with van der Waals surface area (Å²) in [5.74, 6) is 0.741. The maximum Gasteiger partial charge on any atom is 0.336 e. The summed E-state index contributed by atoms with van der Waals surface area (Å²) in [7, 11) is 4.67. The molecule has 0 aliphatic carbocycles. The van der Waals surface area contributed by atoms with Crippen molar-refractivity contribution in [2.24, 2.45) is 0 Å². The maximum atomic E-state index is 11.7. The lowest BCUT2D eigenvalue weighted by atomic mass is 9.96. The second-order valence-electron chi connectivity index (χ2n) is 5.04. The van der Waals surface area contributed by atoms with Crippen LogP contribution < -0.4 is 14.2 Å². The normalized spacial score (nSPS) is 10.7. The molecule has 118 valence electrons. The summed E-state index contributed by atoms with van der Waals surface area (Å²) in [4.78, 5) is 11.7. The van der Waals surface area contributed by atoms with Crippen molar-refractivity contribution in [2.75, 3.05) is 21.3 Å². The summed E-state index contributed by atoms with van der Waals surface area (Å²) in [6.07, 6.45) is 0. The highest BCUT2D eigenvalue weighted by molar-refractivity contribution is 6.18. The Morgan fingerprint density at radius 3 is 2.26 bits per heavy atom. The number of rotatable bonds is 4. The van der Waals surface area contributed by atoms with Crippen molar-refractivity contribution in [2.45, 2.75) is 0 Å². The van der Waals surface area contributed by atoms with Crippen LogP contribution in [0.3, 0.4) is 0 Å². The predicted octanol–water partition coefficient (Wildman–Crippen LogP) is 3.72. The van der Waals surface area contributed by atoms with Crippen molar-refractivity contribution in [3.05, 3.63) is 42.0 Å². The molecule has 0 aliphatic rings. The first-order chi connectivity index (χ1) is 11.1. The van der Waals surface area contributed by atoms with Crippen molar-refractivity contribution in [1.29, 1.82) is 0 Å². The third-order valence-corrected chi connectivity index (χ3v) is 3.89. The van der Waals surface area contributed by atoms with E-state index in [4.69, 9.17) is 14.2 Å². The van der Waals surface area contributed by atoms with Gasteiger partial charge in [-0.3, -0.25) is 0 Å². The topological polar surface area (TPSA) is 65.0 Å². The minimum absolute atomic E-state index is 0.210. The van der Waals surface area contributed by atoms with E-state index in [-0.39, 0.29) is 5.56 Å². The Kier molecular flexibility index (Phi) is 3.70. The molecule has 1 N–H and O–H groups in total. The zero-order valence-electron chi connectivity index (χ0n) is 13.0. The summed E-state index contributed by atoms with van der Waals surface area (Å²) in [6.45, 7) is 0. The summed E-state index contributed by atoms with van der Waals surface area (Å²) in [5, 5.41) is 12.5. The summed E-state index contributed by atoms with van der Waals surface area (Å²) >= 11 is 0.